The van der Waals surface area contributed by atoms with Crippen molar-refractivity contribution in [2.45, 2.75) is 99.3 Å². The van der Waals surface area contributed by atoms with E-state index in [9.17, 15) is 9.59 Å². The Bertz CT molecular complexity index is 876. The molecule has 0 bridgehead atoms. The largest absolute Gasteiger partial charge is 0.427 e. The summed E-state index contributed by atoms with van der Waals surface area (Å²) in [4.78, 5) is 22.9. The van der Waals surface area contributed by atoms with Crippen molar-refractivity contribution in [3.05, 3.63) is 59.7 Å². The summed E-state index contributed by atoms with van der Waals surface area (Å²) in [7, 11) is 0. The van der Waals surface area contributed by atoms with E-state index in [1.165, 1.54) is 25.0 Å². The van der Waals surface area contributed by atoms with Gasteiger partial charge in [-0.2, -0.15) is 0 Å². The van der Waals surface area contributed by atoms with E-state index < -0.39 is 0 Å². The molecule has 0 saturated heterocycles. The number of esters is 2. The molecule has 0 spiro atoms. The average Bonchev–Trinajstić information content (AvgIpc) is 2.71. The van der Waals surface area contributed by atoms with E-state index in [1.807, 2.05) is 24.3 Å². The summed E-state index contributed by atoms with van der Waals surface area (Å²) < 4.78 is 10.6. The minimum absolute atomic E-state index is 0.194. The maximum absolute atomic E-state index is 11.4. The summed E-state index contributed by atoms with van der Waals surface area (Å²) in [6.45, 7) is 16.6. The van der Waals surface area contributed by atoms with Crippen LogP contribution in [0, 0.1) is 10.8 Å². The fourth-order valence-electron chi connectivity index (χ4n) is 4.73. The molecule has 0 amide bonds. The second kappa shape index (κ2) is 11.9. The van der Waals surface area contributed by atoms with Crippen LogP contribution >= 0.6 is 0 Å². The van der Waals surface area contributed by atoms with Crippen molar-refractivity contribution in [2.24, 2.45) is 10.8 Å². The maximum Gasteiger partial charge on any atom is 0.308 e. The van der Waals surface area contributed by atoms with Crippen LogP contribution in [0.5, 0.6) is 11.5 Å². The van der Waals surface area contributed by atoms with Gasteiger partial charge in [0.1, 0.15) is 11.5 Å². The fraction of sp³-hybridized carbons (Fsp3) is 0.548. The number of hydrogen-bond donors (Lipinski definition) is 0. The fourth-order valence-corrected chi connectivity index (χ4v) is 4.73. The molecule has 4 nitrogen and oxygen atoms in total. The van der Waals surface area contributed by atoms with E-state index in [-0.39, 0.29) is 28.2 Å². The van der Waals surface area contributed by atoms with Gasteiger partial charge >= 0.3 is 11.9 Å². The Balaban J connectivity index is 2.53. The Labute approximate surface area is 212 Å². The zero-order valence-electron chi connectivity index (χ0n) is 23.0. The first-order valence-electron chi connectivity index (χ1n) is 12.8. The molecule has 2 aromatic rings. The molecule has 0 atom stereocenters. The molecule has 0 N–H and O–H groups in total. The van der Waals surface area contributed by atoms with Crippen LogP contribution in [0.25, 0.3) is 0 Å². The van der Waals surface area contributed by atoms with Crippen molar-refractivity contribution >= 4 is 11.9 Å². The number of hydrogen-bond acceptors (Lipinski definition) is 4. The second-order valence-corrected chi connectivity index (χ2v) is 12.1. The van der Waals surface area contributed by atoms with Crippen LogP contribution < -0.4 is 9.47 Å². The van der Waals surface area contributed by atoms with Crippen LogP contribution in [0.1, 0.15) is 105 Å². The Morgan fingerprint density at radius 2 is 0.886 bits per heavy atom. The van der Waals surface area contributed by atoms with Gasteiger partial charge in [0.15, 0.2) is 0 Å². The standard InChI is InChI=1S/C31H44O4/c1-23(32)34-27-15-11-25(12-16-27)31(21-9-19-29(3,4)5,22-10-20-30(6,7)8)26-13-17-28(18-14-26)35-24(2)33/h11-18H,9-10,19-22H2,1-8H3. The summed E-state index contributed by atoms with van der Waals surface area (Å²) in [6, 6.07) is 16.0. The first-order chi connectivity index (χ1) is 16.2. The highest BCUT2D eigenvalue weighted by Crippen LogP contribution is 2.44. The molecule has 0 heterocycles. The molecule has 0 fully saturated rings. The lowest BCUT2D eigenvalue weighted by Gasteiger charge is -2.37. The van der Waals surface area contributed by atoms with Crippen LogP contribution in [-0.4, -0.2) is 11.9 Å². The predicted molar refractivity (Wildman–Crippen MR) is 143 cm³/mol. The number of rotatable bonds is 10. The van der Waals surface area contributed by atoms with Gasteiger partial charge in [0.2, 0.25) is 0 Å². The molecule has 0 aromatic heterocycles. The van der Waals surface area contributed by atoms with E-state index in [2.05, 4.69) is 65.8 Å². The van der Waals surface area contributed by atoms with Crippen LogP contribution in [0.3, 0.4) is 0 Å². The molecule has 4 heteroatoms. The highest BCUT2D eigenvalue weighted by molar-refractivity contribution is 5.69. The van der Waals surface area contributed by atoms with Crippen molar-refractivity contribution in [2.75, 3.05) is 0 Å². The molecule has 192 valence electrons. The third-order valence-electron chi connectivity index (χ3n) is 6.40. The lowest BCUT2D eigenvalue weighted by molar-refractivity contribution is -0.132. The van der Waals surface area contributed by atoms with Crippen molar-refractivity contribution in [3.63, 3.8) is 0 Å². The minimum Gasteiger partial charge on any atom is -0.427 e. The Kier molecular flexibility index (Phi) is 9.71. The van der Waals surface area contributed by atoms with Crippen LogP contribution in [0.4, 0.5) is 0 Å². The lowest BCUT2D eigenvalue weighted by Crippen LogP contribution is -2.29. The van der Waals surface area contributed by atoms with Crippen molar-refractivity contribution in [1.82, 2.24) is 0 Å². The first-order valence-corrected chi connectivity index (χ1v) is 12.8. The molecule has 0 radical (unpaired) electrons. The van der Waals surface area contributed by atoms with E-state index in [4.69, 9.17) is 9.47 Å². The average molecular weight is 481 g/mol. The second-order valence-electron chi connectivity index (χ2n) is 12.1. The summed E-state index contributed by atoms with van der Waals surface area (Å²) in [5, 5.41) is 0. The zero-order valence-corrected chi connectivity index (χ0v) is 23.0. The van der Waals surface area contributed by atoms with Gasteiger partial charge in [0, 0.05) is 19.3 Å². The van der Waals surface area contributed by atoms with E-state index in [0.29, 0.717) is 11.5 Å². The quantitative estimate of drug-likeness (QED) is 0.254. The van der Waals surface area contributed by atoms with Crippen LogP contribution in [-0.2, 0) is 15.0 Å². The smallest absolute Gasteiger partial charge is 0.308 e. The monoisotopic (exact) mass is 480 g/mol. The van der Waals surface area contributed by atoms with Gasteiger partial charge in [-0.05, 0) is 71.9 Å². The van der Waals surface area contributed by atoms with Crippen molar-refractivity contribution in [1.29, 1.82) is 0 Å². The van der Waals surface area contributed by atoms with E-state index in [1.54, 1.807) is 0 Å². The topological polar surface area (TPSA) is 52.6 Å². The Morgan fingerprint density at radius 3 is 1.14 bits per heavy atom. The van der Waals surface area contributed by atoms with Crippen LogP contribution in [0.2, 0.25) is 0 Å². The highest BCUT2D eigenvalue weighted by atomic mass is 16.5. The molecule has 35 heavy (non-hydrogen) atoms. The summed E-state index contributed by atoms with van der Waals surface area (Å²) in [5.41, 5.74) is 2.76. The summed E-state index contributed by atoms with van der Waals surface area (Å²) >= 11 is 0. The van der Waals surface area contributed by atoms with Gasteiger partial charge in [-0.25, -0.2) is 0 Å². The third kappa shape index (κ3) is 9.51. The van der Waals surface area contributed by atoms with Crippen LogP contribution in [0.15, 0.2) is 48.5 Å². The predicted octanol–water partition coefficient (Wildman–Crippen LogP) is 8.26. The maximum atomic E-state index is 11.4. The Hall–Kier alpha value is -2.62. The van der Waals surface area contributed by atoms with Gasteiger partial charge in [0.25, 0.3) is 0 Å². The van der Waals surface area contributed by atoms with E-state index >= 15 is 0 Å². The molecule has 0 aliphatic carbocycles. The third-order valence-corrected chi connectivity index (χ3v) is 6.40. The lowest BCUT2D eigenvalue weighted by atomic mass is 9.66. The summed E-state index contributed by atoms with van der Waals surface area (Å²) in [6.07, 6.45) is 6.46. The number of benzene rings is 2. The molecule has 0 aliphatic heterocycles. The zero-order chi connectivity index (χ0) is 26.3. The molecule has 2 aromatic carbocycles. The first kappa shape index (κ1) is 28.6. The normalized spacial score (nSPS) is 12.3. The molecule has 2 rings (SSSR count). The Morgan fingerprint density at radius 1 is 0.571 bits per heavy atom. The van der Waals surface area contributed by atoms with Gasteiger partial charge < -0.3 is 9.47 Å². The SMILES string of the molecule is CC(=O)Oc1ccc(C(CCCC(C)(C)C)(CCCC(C)(C)C)c2ccc(OC(C)=O)cc2)cc1. The van der Waals surface area contributed by atoms with Gasteiger partial charge in [-0.3, -0.25) is 9.59 Å². The van der Waals surface area contributed by atoms with Crippen molar-refractivity contribution < 1.29 is 19.1 Å². The molecular formula is C31H44O4. The van der Waals surface area contributed by atoms with Gasteiger partial charge in [-0.1, -0.05) is 78.6 Å². The molecule has 0 aliphatic rings. The number of carbonyl (C=O) groups excluding carboxylic acids is 2. The minimum atomic E-state index is -0.319. The van der Waals surface area contributed by atoms with Gasteiger partial charge in [0.05, 0.1) is 0 Å². The highest BCUT2D eigenvalue weighted by Gasteiger charge is 2.34. The molecule has 0 saturated carbocycles. The van der Waals surface area contributed by atoms with Gasteiger partial charge in [-0.15, -0.1) is 0 Å². The summed E-state index contributed by atoms with van der Waals surface area (Å²) in [5.74, 6) is 0.482. The number of ether oxygens (including phenoxy) is 2. The number of carbonyl (C=O) groups is 2. The molecule has 0 unspecified atom stereocenters. The molecular weight excluding hydrogens is 436 g/mol. The van der Waals surface area contributed by atoms with Crippen molar-refractivity contribution in [3.8, 4) is 11.5 Å². The van der Waals surface area contributed by atoms with E-state index in [0.717, 1.165) is 38.5 Å².